The highest BCUT2D eigenvalue weighted by molar-refractivity contribution is 7.10. The number of carbonyl (C=O) groups is 1. The zero-order chi connectivity index (χ0) is 12.1. The molecule has 4 nitrogen and oxygen atoms in total. The normalized spacial score (nSPS) is 20.4. The van der Waals surface area contributed by atoms with Crippen molar-refractivity contribution in [3.8, 4) is 6.07 Å². The molecule has 0 aromatic carbocycles. The molecule has 1 aliphatic rings. The van der Waals surface area contributed by atoms with E-state index in [1.54, 1.807) is 28.4 Å². The number of thiophene rings is 1. The second kappa shape index (κ2) is 5.62. The third-order valence-corrected chi connectivity index (χ3v) is 3.45. The summed E-state index contributed by atoms with van der Waals surface area (Å²) in [6.07, 6.45) is 3.34. The number of hydrogen-bond donors (Lipinski definition) is 1. The van der Waals surface area contributed by atoms with E-state index >= 15 is 0 Å². The molecule has 1 aromatic rings. The Labute approximate surface area is 104 Å². The number of nitriles is 1. The molecule has 1 N–H and O–H groups in total. The van der Waals surface area contributed by atoms with Crippen LogP contribution in [0.15, 0.2) is 23.6 Å². The Morgan fingerprint density at radius 2 is 2.59 bits per heavy atom. The molecule has 1 saturated heterocycles. The van der Waals surface area contributed by atoms with Gasteiger partial charge >= 0.3 is 0 Å². The number of hydrogen-bond acceptors (Lipinski definition) is 4. The third-order valence-electron chi connectivity index (χ3n) is 2.61. The first-order chi connectivity index (χ1) is 8.31. The lowest BCUT2D eigenvalue weighted by Crippen LogP contribution is -2.52. The third kappa shape index (κ3) is 2.93. The van der Waals surface area contributed by atoms with Crippen molar-refractivity contribution < 1.29 is 4.79 Å². The van der Waals surface area contributed by atoms with E-state index in [4.69, 9.17) is 5.26 Å². The zero-order valence-corrected chi connectivity index (χ0v) is 10.1. The Hall–Kier alpha value is -1.64. The molecule has 0 spiro atoms. The summed E-state index contributed by atoms with van der Waals surface area (Å²) in [4.78, 5) is 14.6. The molecule has 0 saturated carbocycles. The summed E-state index contributed by atoms with van der Waals surface area (Å²) >= 11 is 1.58. The van der Waals surface area contributed by atoms with Crippen molar-refractivity contribution in [2.45, 2.75) is 6.04 Å². The first-order valence-corrected chi connectivity index (χ1v) is 6.32. The summed E-state index contributed by atoms with van der Waals surface area (Å²) in [5, 5.41) is 14.0. The monoisotopic (exact) mass is 247 g/mol. The maximum Gasteiger partial charge on any atom is 0.247 e. The van der Waals surface area contributed by atoms with Gasteiger partial charge in [-0.1, -0.05) is 6.07 Å². The van der Waals surface area contributed by atoms with Gasteiger partial charge in [0.1, 0.15) is 6.04 Å². The Balaban J connectivity index is 2.01. The summed E-state index contributed by atoms with van der Waals surface area (Å²) in [5.41, 5.74) is 0. The Morgan fingerprint density at radius 3 is 3.29 bits per heavy atom. The van der Waals surface area contributed by atoms with E-state index in [9.17, 15) is 4.79 Å². The van der Waals surface area contributed by atoms with Gasteiger partial charge in [0.2, 0.25) is 5.91 Å². The SMILES string of the molecule is N#CC1CNCCN1C(=O)C=Cc1cccs1. The molecule has 0 radical (unpaired) electrons. The molecule has 1 fully saturated rings. The summed E-state index contributed by atoms with van der Waals surface area (Å²) < 4.78 is 0. The van der Waals surface area contributed by atoms with Crippen LogP contribution in [-0.2, 0) is 4.79 Å². The maximum absolute atomic E-state index is 11.9. The van der Waals surface area contributed by atoms with Crippen LogP contribution in [0.5, 0.6) is 0 Å². The first kappa shape index (κ1) is 11.8. The average molecular weight is 247 g/mol. The van der Waals surface area contributed by atoms with Crippen LogP contribution in [-0.4, -0.2) is 36.5 Å². The number of rotatable bonds is 2. The fourth-order valence-corrected chi connectivity index (χ4v) is 2.34. The second-order valence-corrected chi connectivity index (χ2v) is 4.71. The summed E-state index contributed by atoms with van der Waals surface area (Å²) in [6, 6.07) is 5.68. The van der Waals surface area contributed by atoms with Crippen LogP contribution in [0.25, 0.3) is 6.08 Å². The highest BCUT2D eigenvalue weighted by Crippen LogP contribution is 2.11. The predicted octanol–water partition coefficient (Wildman–Crippen LogP) is 1.09. The van der Waals surface area contributed by atoms with Crippen LogP contribution >= 0.6 is 11.3 Å². The maximum atomic E-state index is 11.9. The summed E-state index contributed by atoms with van der Waals surface area (Å²) in [7, 11) is 0. The molecule has 2 heterocycles. The van der Waals surface area contributed by atoms with Crippen LogP contribution < -0.4 is 5.32 Å². The Morgan fingerprint density at radius 1 is 1.71 bits per heavy atom. The fraction of sp³-hybridized carbons (Fsp3) is 0.333. The van der Waals surface area contributed by atoms with Gasteiger partial charge in [-0.3, -0.25) is 4.79 Å². The number of nitrogens with one attached hydrogen (secondary N) is 1. The molecule has 1 aromatic heterocycles. The molecule has 0 aliphatic carbocycles. The van der Waals surface area contributed by atoms with E-state index < -0.39 is 0 Å². The molecular weight excluding hydrogens is 234 g/mol. The fourth-order valence-electron chi connectivity index (χ4n) is 1.72. The molecule has 1 aliphatic heterocycles. The quantitative estimate of drug-likeness (QED) is 0.796. The zero-order valence-electron chi connectivity index (χ0n) is 9.30. The van der Waals surface area contributed by atoms with Crippen molar-refractivity contribution in [2.75, 3.05) is 19.6 Å². The van der Waals surface area contributed by atoms with Crippen LogP contribution in [0.1, 0.15) is 4.88 Å². The molecule has 1 amide bonds. The van der Waals surface area contributed by atoms with Crippen molar-refractivity contribution in [1.82, 2.24) is 10.2 Å². The van der Waals surface area contributed by atoms with Crippen molar-refractivity contribution >= 4 is 23.3 Å². The molecule has 2 rings (SSSR count). The van der Waals surface area contributed by atoms with E-state index in [0.29, 0.717) is 13.1 Å². The minimum absolute atomic E-state index is 0.0912. The Kier molecular flexibility index (Phi) is 3.91. The van der Waals surface area contributed by atoms with Crippen molar-refractivity contribution in [2.24, 2.45) is 0 Å². The molecule has 88 valence electrons. The number of piperazine rings is 1. The molecule has 17 heavy (non-hydrogen) atoms. The topological polar surface area (TPSA) is 56.1 Å². The van der Waals surface area contributed by atoms with Gasteiger partial charge in [0.15, 0.2) is 0 Å². The number of nitrogens with zero attached hydrogens (tertiary/aromatic N) is 2. The predicted molar refractivity (Wildman–Crippen MR) is 67.3 cm³/mol. The van der Waals surface area contributed by atoms with Gasteiger partial charge in [-0.05, 0) is 17.5 Å². The van der Waals surface area contributed by atoms with Gasteiger partial charge in [-0.2, -0.15) is 5.26 Å². The van der Waals surface area contributed by atoms with E-state index in [1.807, 2.05) is 17.5 Å². The molecule has 0 bridgehead atoms. The number of carbonyl (C=O) groups excluding carboxylic acids is 1. The largest absolute Gasteiger partial charge is 0.321 e. The summed E-state index contributed by atoms with van der Waals surface area (Å²) in [5.74, 6) is -0.0912. The minimum atomic E-state index is -0.357. The van der Waals surface area contributed by atoms with Gasteiger partial charge < -0.3 is 10.2 Å². The highest BCUT2D eigenvalue weighted by atomic mass is 32.1. The van der Waals surface area contributed by atoms with E-state index in [2.05, 4.69) is 11.4 Å². The van der Waals surface area contributed by atoms with Gasteiger partial charge in [0.05, 0.1) is 6.07 Å². The lowest BCUT2D eigenvalue weighted by atomic mass is 10.2. The Bertz CT molecular complexity index is 447. The van der Waals surface area contributed by atoms with E-state index in [1.165, 1.54) is 0 Å². The summed E-state index contributed by atoms with van der Waals surface area (Å²) in [6.45, 7) is 1.89. The van der Waals surface area contributed by atoms with Gasteiger partial charge in [0.25, 0.3) is 0 Å². The standard InChI is InChI=1S/C12H13N3OS/c13-8-10-9-14-5-6-15(10)12(16)4-3-11-2-1-7-17-11/h1-4,7,10,14H,5-6,9H2. The van der Waals surface area contributed by atoms with Crippen LogP contribution in [0.2, 0.25) is 0 Å². The lowest BCUT2D eigenvalue weighted by molar-refractivity contribution is -0.127. The van der Waals surface area contributed by atoms with Gasteiger partial charge in [-0.15, -0.1) is 11.3 Å². The number of amides is 1. The van der Waals surface area contributed by atoms with Crippen molar-refractivity contribution in [1.29, 1.82) is 5.26 Å². The lowest BCUT2D eigenvalue weighted by Gasteiger charge is -2.31. The highest BCUT2D eigenvalue weighted by Gasteiger charge is 2.24. The van der Waals surface area contributed by atoms with E-state index in [-0.39, 0.29) is 11.9 Å². The minimum Gasteiger partial charge on any atom is -0.321 e. The van der Waals surface area contributed by atoms with Gasteiger partial charge in [0, 0.05) is 30.6 Å². The van der Waals surface area contributed by atoms with Crippen LogP contribution in [0, 0.1) is 11.3 Å². The van der Waals surface area contributed by atoms with Crippen molar-refractivity contribution in [3.63, 3.8) is 0 Å². The molecule has 5 heteroatoms. The molecule has 1 atom stereocenters. The first-order valence-electron chi connectivity index (χ1n) is 5.44. The van der Waals surface area contributed by atoms with E-state index in [0.717, 1.165) is 11.4 Å². The molecular formula is C12H13N3OS. The van der Waals surface area contributed by atoms with Crippen LogP contribution in [0.3, 0.4) is 0 Å². The smallest absolute Gasteiger partial charge is 0.247 e. The van der Waals surface area contributed by atoms with Gasteiger partial charge in [-0.25, -0.2) is 0 Å². The van der Waals surface area contributed by atoms with Crippen LogP contribution in [0.4, 0.5) is 0 Å². The second-order valence-electron chi connectivity index (χ2n) is 3.73. The molecule has 1 unspecified atom stereocenters. The average Bonchev–Trinajstić information content (AvgIpc) is 2.89. The van der Waals surface area contributed by atoms with Crippen molar-refractivity contribution in [3.05, 3.63) is 28.5 Å².